The number of anilines is 2. The maximum Gasteiger partial charge on any atom is 0.261 e. The van der Waals surface area contributed by atoms with E-state index < -0.39 is 29.9 Å². The topological polar surface area (TPSA) is 126 Å². The van der Waals surface area contributed by atoms with Crippen LogP contribution in [0.15, 0.2) is 87.5 Å². The van der Waals surface area contributed by atoms with Crippen molar-refractivity contribution < 1.29 is 25.3 Å². The van der Waals surface area contributed by atoms with Crippen LogP contribution in [-0.4, -0.2) is 31.5 Å². The first-order valence-electron chi connectivity index (χ1n) is 8.59. The van der Waals surface area contributed by atoms with Gasteiger partial charge in [0.05, 0.1) is 32.3 Å². The van der Waals surface area contributed by atoms with Gasteiger partial charge in [0.1, 0.15) is 0 Å². The van der Waals surface area contributed by atoms with Crippen molar-refractivity contribution in [1.29, 1.82) is 0 Å². The van der Waals surface area contributed by atoms with Gasteiger partial charge >= 0.3 is 0 Å². The van der Waals surface area contributed by atoms with Crippen molar-refractivity contribution in [1.82, 2.24) is 0 Å². The highest BCUT2D eigenvalue weighted by Gasteiger charge is 2.22. The lowest BCUT2D eigenvalue weighted by molar-refractivity contribution is 0.595. The SMILES string of the molecule is CS(=O)(=O)Nc1cc(S(=O)(=O)c2ccc(Cl)cc2)ccc1NS(=O)(=O)c1ccccc1. The highest BCUT2D eigenvalue weighted by molar-refractivity contribution is 7.93. The van der Waals surface area contributed by atoms with Crippen LogP contribution in [0.25, 0.3) is 0 Å². The van der Waals surface area contributed by atoms with Crippen LogP contribution in [-0.2, 0) is 29.9 Å². The van der Waals surface area contributed by atoms with E-state index in [2.05, 4.69) is 9.44 Å². The molecule has 12 heteroatoms. The van der Waals surface area contributed by atoms with Gasteiger partial charge in [-0.25, -0.2) is 25.3 Å². The molecule has 2 N–H and O–H groups in total. The number of sulfone groups is 1. The highest BCUT2D eigenvalue weighted by atomic mass is 35.5. The Kier molecular flexibility index (Phi) is 6.33. The Bertz CT molecular complexity index is 1420. The lowest BCUT2D eigenvalue weighted by Gasteiger charge is -2.15. The Morgan fingerprint density at radius 2 is 1.23 bits per heavy atom. The molecule has 164 valence electrons. The van der Waals surface area contributed by atoms with E-state index in [1.807, 2.05) is 0 Å². The predicted octanol–water partition coefficient (Wildman–Crippen LogP) is 3.35. The Balaban J connectivity index is 2.08. The van der Waals surface area contributed by atoms with Crippen LogP contribution in [0.1, 0.15) is 0 Å². The lowest BCUT2D eigenvalue weighted by Crippen LogP contribution is -2.17. The summed E-state index contributed by atoms with van der Waals surface area (Å²) in [6.07, 6.45) is 0.864. The van der Waals surface area contributed by atoms with Gasteiger partial charge in [-0.3, -0.25) is 9.44 Å². The minimum Gasteiger partial charge on any atom is -0.282 e. The molecule has 0 spiro atoms. The molecule has 3 rings (SSSR count). The summed E-state index contributed by atoms with van der Waals surface area (Å²) in [5.74, 6) is 0. The summed E-state index contributed by atoms with van der Waals surface area (Å²) < 4.78 is 79.2. The van der Waals surface area contributed by atoms with Crippen LogP contribution in [0.4, 0.5) is 11.4 Å². The normalized spacial score (nSPS) is 12.3. The van der Waals surface area contributed by atoms with Gasteiger partial charge in [0.15, 0.2) is 0 Å². The average Bonchev–Trinajstić information content (AvgIpc) is 2.69. The van der Waals surface area contributed by atoms with Crippen molar-refractivity contribution >= 4 is 52.9 Å². The molecule has 3 aromatic rings. The van der Waals surface area contributed by atoms with E-state index in [0.717, 1.165) is 12.3 Å². The first-order valence-corrected chi connectivity index (χ1v) is 13.8. The molecule has 0 aliphatic rings. The number of benzene rings is 3. The van der Waals surface area contributed by atoms with E-state index >= 15 is 0 Å². The fourth-order valence-electron chi connectivity index (χ4n) is 2.62. The van der Waals surface area contributed by atoms with Gasteiger partial charge in [-0.15, -0.1) is 0 Å². The molecule has 0 unspecified atom stereocenters. The van der Waals surface area contributed by atoms with Crippen molar-refractivity contribution in [3.05, 3.63) is 77.8 Å². The number of rotatable bonds is 7. The average molecular weight is 501 g/mol. The second kappa shape index (κ2) is 8.50. The fraction of sp³-hybridized carbons (Fsp3) is 0.0526. The summed E-state index contributed by atoms with van der Waals surface area (Å²) in [5, 5.41) is 0.351. The Hall–Kier alpha value is -2.60. The molecule has 0 radical (unpaired) electrons. The smallest absolute Gasteiger partial charge is 0.261 e. The zero-order valence-corrected chi connectivity index (χ0v) is 19.2. The van der Waals surface area contributed by atoms with E-state index in [1.165, 1.54) is 60.7 Å². The Morgan fingerprint density at radius 3 is 1.81 bits per heavy atom. The van der Waals surface area contributed by atoms with E-state index in [-0.39, 0.29) is 26.1 Å². The van der Waals surface area contributed by atoms with Gasteiger partial charge in [-0.2, -0.15) is 0 Å². The van der Waals surface area contributed by atoms with Crippen LogP contribution in [0.5, 0.6) is 0 Å². The molecule has 0 amide bonds. The van der Waals surface area contributed by atoms with E-state index in [9.17, 15) is 25.3 Å². The molecule has 0 saturated heterocycles. The molecule has 0 aliphatic carbocycles. The monoisotopic (exact) mass is 500 g/mol. The van der Waals surface area contributed by atoms with Gasteiger partial charge < -0.3 is 0 Å². The minimum atomic E-state index is -4.05. The molecule has 0 fully saturated rings. The molecular weight excluding hydrogens is 484 g/mol. The number of hydrogen-bond acceptors (Lipinski definition) is 6. The van der Waals surface area contributed by atoms with Crippen LogP contribution >= 0.6 is 11.6 Å². The minimum absolute atomic E-state index is 0.0434. The molecule has 0 atom stereocenters. The van der Waals surface area contributed by atoms with Crippen LogP contribution < -0.4 is 9.44 Å². The third-order valence-corrected chi connectivity index (χ3v) is 8.01. The first kappa shape index (κ1) is 23.1. The van der Waals surface area contributed by atoms with Gasteiger partial charge in [-0.1, -0.05) is 29.8 Å². The third kappa shape index (κ3) is 5.56. The highest BCUT2D eigenvalue weighted by Crippen LogP contribution is 2.31. The Labute approximate surface area is 185 Å². The fourth-order valence-corrected chi connectivity index (χ4v) is 5.70. The van der Waals surface area contributed by atoms with Gasteiger partial charge in [0, 0.05) is 5.02 Å². The third-order valence-electron chi connectivity index (χ3n) is 4.02. The van der Waals surface area contributed by atoms with Gasteiger partial charge in [-0.05, 0) is 54.6 Å². The van der Waals surface area contributed by atoms with Crippen molar-refractivity contribution in [2.75, 3.05) is 15.7 Å². The number of hydrogen-bond donors (Lipinski definition) is 2. The zero-order valence-electron chi connectivity index (χ0n) is 16.0. The van der Waals surface area contributed by atoms with Gasteiger partial charge in [0.25, 0.3) is 10.0 Å². The molecule has 0 heterocycles. The summed E-state index contributed by atoms with van der Waals surface area (Å²) in [6, 6.07) is 16.3. The standard InChI is InChI=1S/C19H17ClN2O6S3/c1-29(23,24)21-19-13-17(30(25,26)15-9-7-14(20)8-10-15)11-12-18(19)22-31(27,28)16-5-3-2-4-6-16/h2-13,21-22H,1H3. The van der Waals surface area contributed by atoms with Crippen molar-refractivity contribution in [2.45, 2.75) is 14.7 Å². The second-order valence-electron chi connectivity index (χ2n) is 6.46. The van der Waals surface area contributed by atoms with E-state index in [0.29, 0.717) is 5.02 Å². The molecular formula is C19H17ClN2O6S3. The molecule has 31 heavy (non-hydrogen) atoms. The van der Waals surface area contributed by atoms with E-state index in [4.69, 9.17) is 11.6 Å². The molecule has 8 nitrogen and oxygen atoms in total. The maximum atomic E-state index is 12.9. The molecule has 0 aliphatic heterocycles. The lowest BCUT2D eigenvalue weighted by atomic mass is 10.3. The van der Waals surface area contributed by atoms with Crippen LogP contribution in [0.3, 0.4) is 0 Å². The summed E-state index contributed by atoms with van der Waals surface area (Å²) >= 11 is 5.80. The predicted molar refractivity (Wildman–Crippen MR) is 119 cm³/mol. The summed E-state index contributed by atoms with van der Waals surface area (Å²) in [6.45, 7) is 0. The molecule has 0 saturated carbocycles. The number of halogens is 1. The maximum absolute atomic E-state index is 12.9. The van der Waals surface area contributed by atoms with Crippen molar-refractivity contribution in [3.63, 3.8) is 0 Å². The quantitative estimate of drug-likeness (QED) is 0.512. The Morgan fingerprint density at radius 1 is 0.645 bits per heavy atom. The molecule has 0 aromatic heterocycles. The summed E-state index contributed by atoms with van der Waals surface area (Å²) in [5.41, 5.74) is -0.374. The van der Waals surface area contributed by atoms with Crippen molar-refractivity contribution in [3.8, 4) is 0 Å². The van der Waals surface area contributed by atoms with Crippen LogP contribution in [0.2, 0.25) is 5.02 Å². The number of sulfonamides is 2. The second-order valence-corrected chi connectivity index (χ2v) is 12.3. The van der Waals surface area contributed by atoms with Crippen molar-refractivity contribution in [2.24, 2.45) is 0 Å². The molecule has 0 bridgehead atoms. The number of nitrogens with one attached hydrogen (secondary N) is 2. The molecule has 3 aromatic carbocycles. The van der Waals surface area contributed by atoms with Gasteiger partial charge in [0.2, 0.25) is 19.9 Å². The zero-order chi connectivity index (χ0) is 22.9. The summed E-state index contributed by atoms with van der Waals surface area (Å²) in [7, 11) is -11.9. The summed E-state index contributed by atoms with van der Waals surface area (Å²) in [4.78, 5) is -0.332. The van der Waals surface area contributed by atoms with E-state index in [1.54, 1.807) is 6.07 Å². The first-order chi connectivity index (χ1) is 14.4. The largest absolute Gasteiger partial charge is 0.282 e. The van der Waals surface area contributed by atoms with Crippen LogP contribution in [0, 0.1) is 0 Å².